The first kappa shape index (κ1) is 12.4. The Bertz CT molecular complexity index is 757. The van der Waals surface area contributed by atoms with Gasteiger partial charge in [0, 0.05) is 5.69 Å². The molecule has 0 atom stereocenters. The molecule has 0 aliphatic heterocycles. The molecular formula is C13H10BrN3OS. The fourth-order valence-corrected chi connectivity index (χ4v) is 3.00. The SMILES string of the molecule is Cc1csc2c(Oc3cccc(N)c3Br)ncnc12. The predicted molar refractivity (Wildman–Crippen MR) is 80.8 cm³/mol. The van der Waals surface area contributed by atoms with Crippen LogP contribution < -0.4 is 10.5 Å². The highest BCUT2D eigenvalue weighted by Gasteiger charge is 2.12. The van der Waals surface area contributed by atoms with Crippen molar-refractivity contribution >= 4 is 43.2 Å². The molecule has 0 saturated heterocycles. The number of hydrogen-bond donors (Lipinski definition) is 1. The van der Waals surface area contributed by atoms with Crippen LogP contribution in [0.1, 0.15) is 5.56 Å². The highest BCUT2D eigenvalue weighted by Crippen LogP contribution is 2.37. The number of aryl methyl sites for hydroxylation is 1. The topological polar surface area (TPSA) is 61.0 Å². The van der Waals surface area contributed by atoms with Gasteiger partial charge in [-0.3, -0.25) is 0 Å². The van der Waals surface area contributed by atoms with E-state index in [4.69, 9.17) is 10.5 Å². The molecule has 19 heavy (non-hydrogen) atoms. The number of thiophene rings is 1. The van der Waals surface area contributed by atoms with E-state index in [1.54, 1.807) is 11.3 Å². The molecule has 0 fully saturated rings. The number of aromatic nitrogens is 2. The summed E-state index contributed by atoms with van der Waals surface area (Å²) in [5.74, 6) is 1.19. The molecule has 0 saturated carbocycles. The number of halogens is 1. The molecule has 0 amide bonds. The maximum absolute atomic E-state index is 5.85. The third-order valence-electron chi connectivity index (χ3n) is 2.70. The smallest absolute Gasteiger partial charge is 0.240 e. The van der Waals surface area contributed by atoms with E-state index in [9.17, 15) is 0 Å². The van der Waals surface area contributed by atoms with Crippen molar-refractivity contribution in [2.75, 3.05) is 5.73 Å². The van der Waals surface area contributed by atoms with E-state index in [-0.39, 0.29) is 0 Å². The van der Waals surface area contributed by atoms with Gasteiger partial charge in [-0.15, -0.1) is 11.3 Å². The minimum Gasteiger partial charge on any atom is -0.436 e. The second-order valence-corrected chi connectivity index (χ2v) is 5.71. The highest BCUT2D eigenvalue weighted by molar-refractivity contribution is 9.10. The van der Waals surface area contributed by atoms with Crippen LogP contribution in [0.3, 0.4) is 0 Å². The predicted octanol–water partition coefficient (Wildman–Crippen LogP) is 4.14. The van der Waals surface area contributed by atoms with Crippen molar-refractivity contribution in [2.24, 2.45) is 0 Å². The number of ether oxygens (including phenoxy) is 1. The van der Waals surface area contributed by atoms with Crippen molar-refractivity contribution in [3.05, 3.63) is 39.9 Å². The van der Waals surface area contributed by atoms with Gasteiger partial charge >= 0.3 is 0 Å². The van der Waals surface area contributed by atoms with E-state index >= 15 is 0 Å². The van der Waals surface area contributed by atoms with Crippen LogP contribution >= 0.6 is 27.3 Å². The highest BCUT2D eigenvalue weighted by atomic mass is 79.9. The molecule has 2 N–H and O–H groups in total. The van der Waals surface area contributed by atoms with Crippen LogP contribution in [-0.4, -0.2) is 9.97 Å². The molecule has 2 aromatic heterocycles. The van der Waals surface area contributed by atoms with Gasteiger partial charge in [0.2, 0.25) is 5.88 Å². The zero-order valence-corrected chi connectivity index (χ0v) is 12.5. The van der Waals surface area contributed by atoms with Gasteiger partial charge in [0.25, 0.3) is 0 Å². The lowest BCUT2D eigenvalue weighted by atomic mass is 10.3. The molecule has 1 aromatic carbocycles. The Morgan fingerprint density at radius 1 is 1.32 bits per heavy atom. The van der Waals surface area contributed by atoms with E-state index in [1.165, 1.54) is 6.33 Å². The van der Waals surface area contributed by atoms with E-state index in [1.807, 2.05) is 30.5 Å². The van der Waals surface area contributed by atoms with Crippen molar-refractivity contribution in [1.82, 2.24) is 9.97 Å². The number of benzene rings is 1. The van der Waals surface area contributed by atoms with Crippen LogP contribution in [0.15, 0.2) is 34.4 Å². The Balaban J connectivity index is 2.08. The lowest BCUT2D eigenvalue weighted by Gasteiger charge is -2.08. The maximum atomic E-state index is 5.85. The second kappa shape index (κ2) is 4.79. The van der Waals surface area contributed by atoms with Crippen molar-refractivity contribution in [3.8, 4) is 11.6 Å². The van der Waals surface area contributed by atoms with Crippen LogP contribution in [0.5, 0.6) is 11.6 Å². The summed E-state index contributed by atoms with van der Waals surface area (Å²) in [5, 5.41) is 2.04. The Morgan fingerprint density at radius 2 is 2.16 bits per heavy atom. The second-order valence-electron chi connectivity index (χ2n) is 4.04. The van der Waals surface area contributed by atoms with Gasteiger partial charge in [-0.1, -0.05) is 6.07 Å². The van der Waals surface area contributed by atoms with Crippen molar-refractivity contribution < 1.29 is 4.74 Å². The fraction of sp³-hybridized carbons (Fsp3) is 0.0769. The van der Waals surface area contributed by atoms with Crippen LogP contribution in [0.4, 0.5) is 5.69 Å². The average Bonchev–Trinajstić information content (AvgIpc) is 2.78. The zero-order valence-electron chi connectivity index (χ0n) is 10.1. The minimum absolute atomic E-state index is 0.550. The number of anilines is 1. The average molecular weight is 336 g/mol. The lowest BCUT2D eigenvalue weighted by molar-refractivity contribution is 0.466. The summed E-state index contributed by atoms with van der Waals surface area (Å²) in [6.45, 7) is 2.02. The third kappa shape index (κ3) is 2.17. The van der Waals surface area contributed by atoms with E-state index < -0.39 is 0 Å². The number of fused-ring (bicyclic) bond motifs is 1. The van der Waals surface area contributed by atoms with E-state index in [0.29, 0.717) is 17.3 Å². The molecule has 0 bridgehead atoms. The Kier molecular flexibility index (Phi) is 3.12. The first-order valence-corrected chi connectivity index (χ1v) is 7.24. The summed E-state index contributed by atoms with van der Waals surface area (Å²) in [6, 6.07) is 5.49. The Hall–Kier alpha value is -1.66. The molecule has 0 radical (unpaired) electrons. The molecule has 0 spiro atoms. The van der Waals surface area contributed by atoms with Crippen LogP contribution in [0, 0.1) is 6.92 Å². The molecule has 0 unspecified atom stereocenters. The normalized spacial score (nSPS) is 10.8. The molecule has 6 heteroatoms. The van der Waals surface area contributed by atoms with Gasteiger partial charge in [-0.25, -0.2) is 9.97 Å². The standard InChI is InChI=1S/C13H10BrN3OS/c1-7-5-19-12-11(7)16-6-17-13(12)18-9-4-2-3-8(15)10(9)14/h2-6H,15H2,1H3. The quantitative estimate of drug-likeness (QED) is 0.715. The Labute approximate surface area is 122 Å². The van der Waals surface area contributed by atoms with Gasteiger partial charge in [0.1, 0.15) is 16.8 Å². The molecule has 3 rings (SSSR count). The van der Waals surface area contributed by atoms with E-state index in [2.05, 4.69) is 25.9 Å². The summed E-state index contributed by atoms with van der Waals surface area (Å²) in [6.07, 6.45) is 1.51. The maximum Gasteiger partial charge on any atom is 0.240 e. The van der Waals surface area contributed by atoms with Gasteiger partial charge in [0.05, 0.1) is 9.99 Å². The number of hydrogen-bond acceptors (Lipinski definition) is 5. The summed E-state index contributed by atoms with van der Waals surface area (Å²) < 4.78 is 7.52. The summed E-state index contributed by atoms with van der Waals surface area (Å²) >= 11 is 4.99. The van der Waals surface area contributed by atoms with Crippen LogP contribution in [0.2, 0.25) is 0 Å². The van der Waals surface area contributed by atoms with Gasteiger partial charge in [0.15, 0.2) is 0 Å². The zero-order chi connectivity index (χ0) is 13.4. The summed E-state index contributed by atoms with van der Waals surface area (Å²) in [4.78, 5) is 8.47. The molecular weight excluding hydrogens is 326 g/mol. The third-order valence-corrected chi connectivity index (χ3v) is 4.62. The summed E-state index contributed by atoms with van der Waals surface area (Å²) in [5.41, 5.74) is 8.51. The van der Waals surface area contributed by atoms with E-state index in [0.717, 1.165) is 20.3 Å². The molecule has 2 heterocycles. The number of nitrogens with two attached hydrogens (primary N) is 1. The first-order chi connectivity index (χ1) is 9.16. The molecule has 96 valence electrons. The molecule has 4 nitrogen and oxygen atoms in total. The van der Waals surface area contributed by atoms with Crippen molar-refractivity contribution in [2.45, 2.75) is 6.92 Å². The van der Waals surface area contributed by atoms with Gasteiger partial charge in [-0.05, 0) is 45.9 Å². The molecule has 0 aliphatic rings. The van der Waals surface area contributed by atoms with Crippen molar-refractivity contribution in [3.63, 3.8) is 0 Å². The lowest BCUT2D eigenvalue weighted by Crippen LogP contribution is -1.93. The van der Waals surface area contributed by atoms with Gasteiger partial charge in [-0.2, -0.15) is 0 Å². The largest absolute Gasteiger partial charge is 0.436 e. The monoisotopic (exact) mass is 335 g/mol. The molecule has 3 aromatic rings. The number of nitrogen functional groups attached to an aromatic ring is 1. The number of rotatable bonds is 2. The summed E-state index contributed by atoms with van der Waals surface area (Å²) in [7, 11) is 0. The van der Waals surface area contributed by atoms with Crippen molar-refractivity contribution in [1.29, 1.82) is 0 Å². The van der Waals surface area contributed by atoms with Crippen LogP contribution in [-0.2, 0) is 0 Å². The Morgan fingerprint density at radius 3 is 3.00 bits per heavy atom. The fourth-order valence-electron chi connectivity index (χ4n) is 1.73. The first-order valence-electron chi connectivity index (χ1n) is 5.57. The molecule has 0 aliphatic carbocycles. The van der Waals surface area contributed by atoms with Crippen LogP contribution in [0.25, 0.3) is 10.2 Å². The minimum atomic E-state index is 0.550. The number of nitrogens with zero attached hydrogens (tertiary/aromatic N) is 2. The van der Waals surface area contributed by atoms with Gasteiger partial charge < -0.3 is 10.5 Å².